The second-order valence-electron chi connectivity index (χ2n) is 4.27. The van der Waals surface area contributed by atoms with E-state index in [4.69, 9.17) is 0 Å². The zero-order valence-corrected chi connectivity index (χ0v) is 10.8. The van der Waals surface area contributed by atoms with Crippen molar-refractivity contribution in [1.82, 2.24) is 25.4 Å². The summed E-state index contributed by atoms with van der Waals surface area (Å²) >= 11 is 0. The van der Waals surface area contributed by atoms with E-state index < -0.39 is 0 Å². The molecule has 0 aromatic carbocycles. The molecule has 2 amide bonds. The van der Waals surface area contributed by atoms with E-state index in [2.05, 4.69) is 20.7 Å². The van der Waals surface area contributed by atoms with Gasteiger partial charge in [0.25, 0.3) is 0 Å². The quantitative estimate of drug-likeness (QED) is 0.645. The van der Waals surface area contributed by atoms with E-state index in [1.165, 1.54) is 6.33 Å². The SMILES string of the molecule is CCC(O)CCNC(=O)NC(C)Cn1cncn1. The molecule has 2 atom stereocenters. The number of nitrogens with one attached hydrogen (secondary N) is 2. The van der Waals surface area contributed by atoms with E-state index in [9.17, 15) is 9.90 Å². The van der Waals surface area contributed by atoms with Gasteiger partial charge in [-0.2, -0.15) is 5.10 Å². The van der Waals surface area contributed by atoms with E-state index in [1.807, 2.05) is 13.8 Å². The van der Waals surface area contributed by atoms with Crippen LogP contribution >= 0.6 is 0 Å². The number of hydrogen-bond acceptors (Lipinski definition) is 4. The molecular weight excluding hydrogens is 234 g/mol. The van der Waals surface area contributed by atoms with Crippen LogP contribution in [0, 0.1) is 0 Å². The first-order valence-corrected chi connectivity index (χ1v) is 6.16. The van der Waals surface area contributed by atoms with Crippen molar-refractivity contribution in [2.45, 2.75) is 45.4 Å². The number of amides is 2. The number of aliphatic hydroxyl groups excluding tert-OH is 1. The zero-order valence-electron chi connectivity index (χ0n) is 10.8. The van der Waals surface area contributed by atoms with E-state index in [-0.39, 0.29) is 18.2 Å². The van der Waals surface area contributed by atoms with Crippen molar-refractivity contribution in [3.63, 3.8) is 0 Å². The molecule has 0 saturated carbocycles. The lowest BCUT2D eigenvalue weighted by Gasteiger charge is -2.15. The molecule has 102 valence electrons. The molecule has 0 spiro atoms. The molecule has 0 aliphatic heterocycles. The summed E-state index contributed by atoms with van der Waals surface area (Å²) in [4.78, 5) is 15.3. The van der Waals surface area contributed by atoms with Gasteiger partial charge in [0, 0.05) is 12.6 Å². The standard InChI is InChI=1S/C11H21N5O2/c1-3-10(17)4-5-13-11(18)15-9(2)6-16-8-12-7-14-16/h7-10,17H,3-6H2,1-2H3,(H2,13,15,18). The van der Waals surface area contributed by atoms with Gasteiger partial charge in [-0.1, -0.05) is 6.92 Å². The highest BCUT2D eigenvalue weighted by atomic mass is 16.3. The molecule has 1 heterocycles. The molecule has 0 aliphatic carbocycles. The summed E-state index contributed by atoms with van der Waals surface area (Å²) in [6.45, 7) is 4.84. The third kappa shape index (κ3) is 5.62. The Balaban J connectivity index is 2.15. The summed E-state index contributed by atoms with van der Waals surface area (Å²) in [6.07, 6.45) is 3.98. The Morgan fingerprint density at radius 2 is 2.33 bits per heavy atom. The highest BCUT2D eigenvalue weighted by Gasteiger charge is 2.08. The number of carbonyl (C=O) groups is 1. The minimum absolute atomic E-state index is 0.0391. The summed E-state index contributed by atoms with van der Waals surface area (Å²) < 4.78 is 1.66. The molecule has 0 aliphatic rings. The van der Waals surface area contributed by atoms with Crippen molar-refractivity contribution in [3.05, 3.63) is 12.7 Å². The first-order valence-electron chi connectivity index (χ1n) is 6.16. The predicted octanol–water partition coefficient (Wildman–Crippen LogP) is 0.127. The van der Waals surface area contributed by atoms with Crippen molar-refractivity contribution in [3.8, 4) is 0 Å². The Morgan fingerprint density at radius 1 is 1.56 bits per heavy atom. The lowest BCUT2D eigenvalue weighted by atomic mass is 10.2. The Labute approximate surface area is 107 Å². The molecule has 7 heteroatoms. The Kier molecular flexibility index (Phi) is 6.13. The lowest BCUT2D eigenvalue weighted by molar-refractivity contribution is 0.160. The number of aromatic nitrogens is 3. The van der Waals surface area contributed by atoms with Crippen molar-refractivity contribution >= 4 is 6.03 Å². The first kappa shape index (κ1) is 14.4. The fourth-order valence-corrected chi connectivity index (χ4v) is 1.48. The van der Waals surface area contributed by atoms with Gasteiger partial charge < -0.3 is 15.7 Å². The molecule has 0 radical (unpaired) electrons. The van der Waals surface area contributed by atoms with Crippen LogP contribution < -0.4 is 10.6 Å². The summed E-state index contributed by atoms with van der Waals surface area (Å²) in [6, 6.07) is -0.270. The van der Waals surface area contributed by atoms with Crippen LogP contribution in [-0.4, -0.2) is 44.6 Å². The predicted molar refractivity (Wildman–Crippen MR) is 66.9 cm³/mol. The number of urea groups is 1. The topological polar surface area (TPSA) is 92.1 Å². The van der Waals surface area contributed by atoms with E-state index in [1.54, 1.807) is 11.0 Å². The molecule has 1 aromatic heterocycles. The molecule has 0 fully saturated rings. The van der Waals surface area contributed by atoms with Crippen LogP contribution in [0.15, 0.2) is 12.7 Å². The molecule has 1 rings (SSSR count). The highest BCUT2D eigenvalue weighted by Crippen LogP contribution is 1.94. The van der Waals surface area contributed by atoms with Crippen molar-refractivity contribution in [2.75, 3.05) is 6.54 Å². The number of rotatable bonds is 7. The Bertz CT molecular complexity index is 341. The fraction of sp³-hybridized carbons (Fsp3) is 0.727. The van der Waals surface area contributed by atoms with Crippen LogP contribution in [0.1, 0.15) is 26.7 Å². The normalized spacial score (nSPS) is 13.9. The second kappa shape index (κ2) is 7.65. The van der Waals surface area contributed by atoms with E-state index in [0.29, 0.717) is 25.9 Å². The molecule has 7 nitrogen and oxygen atoms in total. The molecular formula is C11H21N5O2. The number of hydrogen-bond donors (Lipinski definition) is 3. The number of nitrogens with zero attached hydrogens (tertiary/aromatic N) is 3. The van der Waals surface area contributed by atoms with Crippen LogP contribution in [-0.2, 0) is 6.54 Å². The van der Waals surface area contributed by atoms with Gasteiger partial charge in [-0.15, -0.1) is 0 Å². The third-order valence-corrected chi connectivity index (χ3v) is 2.54. The monoisotopic (exact) mass is 255 g/mol. The largest absolute Gasteiger partial charge is 0.393 e. The van der Waals surface area contributed by atoms with E-state index >= 15 is 0 Å². The molecule has 1 aromatic rings. The second-order valence-corrected chi connectivity index (χ2v) is 4.27. The van der Waals surface area contributed by atoms with Gasteiger partial charge in [-0.3, -0.25) is 4.68 Å². The first-order chi connectivity index (χ1) is 8.61. The van der Waals surface area contributed by atoms with Gasteiger partial charge in [0.2, 0.25) is 0 Å². The van der Waals surface area contributed by atoms with Crippen LogP contribution in [0.4, 0.5) is 4.79 Å². The Morgan fingerprint density at radius 3 is 2.94 bits per heavy atom. The molecule has 0 saturated heterocycles. The average molecular weight is 255 g/mol. The summed E-state index contributed by atoms with van der Waals surface area (Å²) in [7, 11) is 0. The minimum Gasteiger partial charge on any atom is -0.393 e. The average Bonchev–Trinajstić information content (AvgIpc) is 2.81. The highest BCUT2D eigenvalue weighted by molar-refractivity contribution is 5.74. The third-order valence-electron chi connectivity index (χ3n) is 2.54. The van der Waals surface area contributed by atoms with Crippen LogP contribution in [0.2, 0.25) is 0 Å². The Hall–Kier alpha value is -1.63. The van der Waals surface area contributed by atoms with Crippen LogP contribution in [0.3, 0.4) is 0 Å². The smallest absolute Gasteiger partial charge is 0.315 e. The summed E-state index contributed by atoms with van der Waals surface area (Å²) in [5.74, 6) is 0. The fourth-order valence-electron chi connectivity index (χ4n) is 1.48. The maximum absolute atomic E-state index is 11.5. The van der Waals surface area contributed by atoms with Crippen molar-refractivity contribution in [1.29, 1.82) is 0 Å². The molecule has 0 bridgehead atoms. The van der Waals surface area contributed by atoms with Crippen LogP contribution in [0.5, 0.6) is 0 Å². The van der Waals surface area contributed by atoms with Gasteiger partial charge in [-0.05, 0) is 19.8 Å². The lowest BCUT2D eigenvalue weighted by Crippen LogP contribution is -2.43. The van der Waals surface area contributed by atoms with Crippen molar-refractivity contribution < 1.29 is 9.90 Å². The van der Waals surface area contributed by atoms with Gasteiger partial charge in [-0.25, -0.2) is 9.78 Å². The molecule has 2 unspecified atom stereocenters. The number of aliphatic hydroxyl groups is 1. The van der Waals surface area contributed by atoms with Gasteiger partial charge in [0.1, 0.15) is 12.7 Å². The maximum Gasteiger partial charge on any atom is 0.315 e. The summed E-state index contributed by atoms with van der Waals surface area (Å²) in [5, 5.41) is 18.8. The summed E-state index contributed by atoms with van der Waals surface area (Å²) in [5.41, 5.74) is 0. The molecule has 3 N–H and O–H groups in total. The van der Waals surface area contributed by atoms with E-state index in [0.717, 1.165) is 0 Å². The zero-order chi connectivity index (χ0) is 13.4. The van der Waals surface area contributed by atoms with Gasteiger partial charge >= 0.3 is 6.03 Å². The number of carbonyl (C=O) groups excluding carboxylic acids is 1. The molecule has 18 heavy (non-hydrogen) atoms. The maximum atomic E-state index is 11.5. The van der Waals surface area contributed by atoms with Gasteiger partial charge in [0.15, 0.2) is 0 Å². The van der Waals surface area contributed by atoms with Crippen molar-refractivity contribution in [2.24, 2.45) is 0 Å². The van der Waals surface area contributed by atoms with Gasteiger partial charge in [0.05, 0.1) is 12.6 Å². The van der Waals surface area contributed by atoms with Crippen LogP contribution in [0.25, 0.3) is 0 Å². The minimum atomic E-state index is -0.349.